The number of urea groups is 1. The summed E-state index contributed by atoms with van der Waals surface area (Å²) >= 11 is 1.52. The van der Waals surface area contributed by atoms with Gasteiger partial charge in [-0.3, -0.25) is 4.79 Å². The number of rotatable bonds is 8. The Balaban J connectivity index is 2.54. The molecule has 7 nitrogen and oxygen atoms in total. The number of amides is 3. The van der Waals surface area contributed by atoms with E-state index in [0.717, 1.165) is 11.1 Å². The number of anilines is 1. The minimum Gasteiger partial charge on any atom is -0.454 e. The van der Waals surface area contributed by atoms with Gasteiger partial charge in [0.2, 0.25) is 0 Å². The van der Waals surface area contributed by atoms with Gasteiger partial charge in [-0.05, 0) is 55.5 Å². The molecule has 0 aliphatic heterocycles. The van der Waals surface area contributed by atoms with Gasteiger partial charge < -0.3 is 21.1 Å². The Hall–Kier alpha value is -2.22. The number of thioether (sulfide) groups is 1. The van der Waals surface area contributed by atoms with Gasteiger partial charge >= 0.3 is 12.0 Å². The van der Waals surface area contributed by atoms with Gasteiger partial charge in [0, 0.05) is 5.69 Å². The molecule has 0 fully saturated rings. The number of carbonyl (C=O) groups is 3. The highest BCUT2D eigenvalue weighted by Gasteiger charge is 2.21. The predicted octanol–water partition coefficient (Wildman–Crippen LogP) is 1.58. The highest BCUT2D eigenvalue weighted by molar-refractivity contribution is 7.98. The van der Waals surface area contributed by atoms with Crippen molar-refractivity contribution < 1.29 is 19.1 Å². The van der Waals surface area contributed by atoms with E-state index in [1.165, 1.54) is 11.8 Å². The number of benzene rings is 1. The van der Waals surface area contributed by atoms with Crippen LogP contribution in [0.4, 0.5) is 10.5 Å². The molecule has 0 saturated heterocycles. The first-order valence-corrected chi connectivity index (χ1v) is 8.81. The number of nitrogens with two attached hydrogens (primary N) is 1. The number of aryl methyl sites for hydroxylation is 2. The maximum Gasteiger partial charge on any atom is 0.329 e. The highest BCUT2D eigenvalue weighted by atomic mass is 32.2. The van der Waals surface area contributed by atoms with Gasteiger partial charge in [-0.15, -0.1) is 0 Å². The number of primary amides is 1. The van der Waals surface area contributed by atoms with Crippen molar-refractivity contribution in [3.05, 3.63) is 29.3 Å². The average molecular weight is 353 g/mol. The molecule has 1 atom stereocenters. The fourth-order valence-electron chi connectivity index (χ4n) is 2.14. The van der Waals surface area contributed by atoms with Gasteiger partial charge in [-0.25, -0.2) is 9.59 Å². The van der Waals surface area contributed by atoms with Crippen LogP contribution in [0.15, 0.2) is 18.2 Å². The Bertz CT molecular complexity index is 587. The van der Waals surface area contributed by atoms with Crippen LogP contribution in [-0.2, 0) is 14.3 Å². The first-order chi connectivity index (χ1) is 11.3. The summed E-state index contributed by atoms with van der Waals surface area (Å²) in [4.78, 5) is 34.8. The van der Waals surface area contributed by atoms with E-state index in [0.29, 0.717) is 17.9 Å². The lowest BCUT2D eigenvalue weighted by molar-refractivity contribution is -0.149. The van der Waals surface area contributed by atoms with E-state index in [-0.39, 0.29) is 0 Å². The van der Waals surface area contributed by atoms with Crippen molar-refractivity contribution in [2.45, 2.75) is 26.3 Å². The van der Waals surface area contributed by atoms with Crippen LogP contribution < -0.4 is 16.4 Å². The minimum atomic E-state index is -0.857. The summed E-state index contributed by atoms with van der Waals surface area (Å²) in [5, 5.41) is 4.99. The van der Waals surface area contributed by atoms with Crippen LogP contribution in [0.25, 0.3) is 0 Å². The van der Waals surface area contributed by atoms with Gasteiger partial charge in [0.25, 0.3) is 5.91 Å². The van der Waals surface area contributed by atoms with E-state index in [4.69, 9.17) is 10.5 Å². The van der Waals surface area contributed by atoms with Gasteiger partial charge in [0.15, 0.2) is 6.61 Å². The van der Waals surface area contributed by atoms with Crippen LogP contribution in [-0.4, -0.2) is 42.6 Å². The summed E-state index contributed by atoms with van der Waals surface area (Å²) in [6, 6.07) is 3.97. The summed E-state index contributed by atoms with van der Waals surface area (Å²) in [7, 11) is 0. The molecular weight excluding hydrogens is 330 g/mol. The molecule has 24 heavy (non-hydrogen) atoms. The first kappa shape index (κ1) is 19.8. The van der Waals surface area contributed by atoms with Crippen molar-refractivity contribution >= 4 is 35.4 Å². The van der Waals surface area contributed by atoms with Gasteiger partial charge in [-0.2, -0.15) is 11.8 Å². The first-order valence-electron chi connectivity index (χ1n) is 7.41. The van der Waals surface area contributed by atoms with E-state index >= 15 is 0 Å². The molecule has 0 aliphatic rings. The van der Waals surface area contributed by atoms with E-state index in [2.05, 4.69) is 10.6 Å². The molecule has 1 rings (SSSR count). The highest BCUT2D eigenvalue weighted by Crippen LogP contribution is 2.13. The number of carbonyl (C=O) groups excluding carboxylic acids is 3. The van der Waals surface area contributed by atoms with Crippen molar-refractivity contribution in [3.8, 4) is 0 Å². The van der Waals surface area contributed by atoms with Crippen molar-refractivity contribution in [1.82, 2.24) is 5.32 Å². The van der Waals surface area contributed by atoms with Crippen molar-refractivity contribution in [1.29, 1.82) is 0 Å². The average Bonchev–Trinajstić information content (AvgIpc) is 2.47. The Labute approximate surface area is 145 Å². The molecule has 1 aromatic rings. The summed E-state index contributed by atoms with van der Waals surface area (Å²) < 4.78 is 4.97. The lowest BCUT2D eigenvalue weighted by Gasteiger charge is -2.16. The minimum absolute atomic E-state index is 0.377. The Morgan fingerprint density at radius 1 is 1.21 bits per heavy atom. The maximum absolute atomic E-state index is 12.0. The molecule has 0 spiro atoms. The second-order valence-corrected chi connectivity index (χ2v) is 6.36. The van der Waals surface area contributed by atoms with E-state index in [9.17, 15) is 14.4 Å². The molecule has 1 aromatic carbocycles. The molecular formula is C16H23N3O4S. The van der Waals surface area contributed by atoms with Crippen LogP contribution in [0, 0.1) is 13.8 Å². The normalized spacial score (nSPS) is 11.5. The molecule has 0 unspecified atom stereocenters. The smallest absolute Gasteiger partial charge is 0.329 e. The summed E-state index contributed by atoms with van der Waals surface area (Å²) in [5.41, 5.74) is 7.72. The molecule has 0 saturated carbocycles. The SMILES string of the molecule is CSCC[C@@H](NC(N)=O)C(=O)OCC(=O)Nc1cc(C)cc(C)c1. The standard InChI is InChI=1S/C16H23N3O4S/c1-10-6-11(2)8-12(7-10)18-14(20)9-23-15(21)13(4-5-24-3)19-16(17)22/h6-8,13H,4-5,9H2,1-3H3,(H,18,20)(H3,17,19,22)/t13-/m1/s1. The number of ether oxygens (including phenoxy) is 1. The summed E-state index contributed by atoms with van der Waals surface area (Å²) in [6.07, 6.45) is 2.26. The number of hydrogen-bond acceptors (Lipinski definition) is 5. The quantitative estimate of drug-likeness (QED) is 0.615. The number of nitrogens with one attached hydrogen (secondary N) is 2. The molecule has 0 aromatic heterocycles. The zero-order valence-electron chi connectivity index (χ0n) is 14.0. The molecule has 0 heterocycles. The third kappa shape index (κ3) is 7.36. The monoisotopic (exact) mass is 353 g/mol. The van der Waals surface area contributed by atoms with Crippen LogP contribution in [0.1, 0.15) is 17.5 Å². The second kappa shape index (κ2) is 9.82. The fraction of sp³-hybridized carbons (Fsp3) is 0.438. The van der Waals surface area contributed by atoms with Gasteiger partial charge in [0.05, 0.1) is 0 Å². The largest absolute Gasteiger partial charge is 0.454 e. The van der Waals surface area contributed by atoms with Crippen molar-refractivity contribution in [2.24, 2.45) is 5.73 Å². The number of hydrogen-bond donors (Lipinski definition) is 3. The zero-order chi connectivity index (χ0) is 18.1. The van der Waals surface area contributed by atoms with Gasteiger partial charge in [0.1, 0.15) is 6.04 Å². The fourth-order valence-corrected chi connectivity index (χ4v) is 2.61. The van der Waals surface area contributed by atoms with Crippen molar-refractivity contribution in [3.63, 3.8) is 0 Å². The Morgan fingerprint density at radius 3 is 2.38 bits per heavy atom. The lowest BCUT2D eigenvalue weighted by atomic mass is 10.1. The van der Waals surface area contributed by atoms with E-state index < -0.39 is 30.6 Å². The molecule has 0 aliphatic carbocycles. The van der Waals surface area contributed by atoms with Crippen LogP contribution >= 0.6 is 11.8 Å². The molecule has 8 heteroatoms. The third-order valence-electron chi connectivity index (χ3n) is 3.06. The number of esters is 1. The van der Waals surface area contributed by atoms with Gasteiger partial charge in [-0.1, -0.05) is 6.07 Å². The Kier molecular flexibility index (Phi) is 8.11. The third-order valence-corrected chi connectivity index (χ3v) is 3.71. The topological polar surface area (TPSA) is 111 Å². The summed E-state index contributed by atoms with van der Waals surface area (Å²) in [6.45, 7) is 3.42. The second-order valence-electron chi connectivity index (χ2n) is 5.37. The maximum atomic E-state index is 12.0. The molecule has 3 amide bonds. The summed E-state index contributed by atoms with van der Waals surface area (Å²) in [5.74, 6) is -0.482. The van der Waals surface area contributed by atoms with Crippen molar-refractivity contribution in [2.75, 3.05) is 23.9 Å². The van der Waals surface area contributed by atoms with Crippen LogP contribution in [0.3, 0.4) is 0 Å². The van der Waals surface area contributed by atoms with E-state index in [1.807, 2.05) is 38.3 Å². The zero-order valence-corrected chi connectivity index (χ0v) is 14.9. The Morgan fingerprint density at radius 2 is 1.83 bits per heavy atom. The van der Waals surface area contributed by atoms with E-state index in [1.54, 1.807) is 0 Å². The molecule has 4 N–H and O–H groups in total. The van der Waals surface area contributed by atoms with Crippen LogP contribution in [0.5, 0.6) is 0 Å². The molecule has 0 bridgehead atoms. The molecule has 0 radical (unpaired) electrons. The predicted molar refractivity (Wildman–Crippen MR) is 95.0 cm³/mol. The van der Waals surface area contributed by atoms with Crippen LogP contribution in [0.2, 0.25) is 0 Å². The lowest BCUT2D eigenvalue weighted by Crippen LogP contribution is -2.45. The molecule has 132 valence electrons.